The standard InChI is InChI=1S/C22H23N7OS2/c1-5-10-29-19(27-28-22(29)31)18-12(4)23-21(32-18)26-20(30)13-8-9-16-17(11-13)25-15(7-3)14(6-2)24-16/h5,8-9,11H,1,6-7,10H2,2-4H3,(H,28,31)(H,23,26,30). The van der Waals surface area contributed by atoms with Gasteiger partial charge in [-0.2, -0.15) is 5.10 Å². The van der Waals surface area contributed by atoms with Crippen LogP contribution in [0.15, 0.2) is 30.9 Å². The molecular weight excluding hydrogens is 442 g/mol. The van der Waals surface area contributed by atoms with Crippen molar-refractivity contribution in [3.8, 4) is 10.7 Å². The van der Waals surface area contributed by atoms with Crippen molar-refractivity contribution < 1.29 is 4.79 Å². The molecule has 0 bridgehead atoms. The summed E-state index contributed by atoms with van der Waals surface area (Å²) >= 11 is 6.64. The molecule has 8 nitrogen and oxygen atoms in total. The third-order valence-corrected chi connectivity index (χ3v) is 6.42. The molecule has 32 heavy (non-hydrogen) atoms. The van der Waals surface area contributed by atoms with Crippen molar-refractivity contribution >= 4 is 45.6 Å². The summed E-state index contributed by atoms with van der Waals surface area (Å²) < 4.78 is 2.35. The van der Waals surface area contributed by atoms with Crippen LogP contribution in [-0.2, 0) is 19.4 Å². The molecule has 0 radical (unpaired) electrons. The van der Waals surface area contributed by atoms with Crippen LogP contribution in [0.4, 0.5) is 5.13 Å². The summed E-state index contributed by atoms with van der Waals surface area (Å²) in [7, 11) is 0. The second kappa shape index (κ2) is 9.09. The lowest BCUT2D eigenvalue weighted by Crippen LogP contribution is -2.12. The fourth-order valence-electron chi connectivity index (χ4n) is 3.45. The zero-order valence-electron chi connectivity index (χ0n) is 18.1. The van der Waals surface area contributed by atoms with Crippen molar-refractivity contribution in [2.24, 2.45) is 0 Å². The van der Waals surface area contributed by atoms with Gasteiger partial charge in [-0.05, 0) is 50.2 Å². The molecule has 0 fully saturated rings. The first-order valence-electron chi connectivity index (χ1n) is 10.3. The Morgan fingerprint density at radius 3 is 2.62 bits per heavy atom. The summed E-state index contributed by atoms with van der Waals surface area (Å²) in [5.74, 6) is 0.418. The number of aromatic amines is 1. The number of aromatic nitrogens is 6. The largest absolute Gasteiger partial charge is 0.298 e. The molecule has 2 N–H and O–H groups in total. The Kier molecular flexibility index (Phi) is 6.24. The van der Waals surface area contributed by atoms with Gasteiger partial charge in [0.15, 0.2) is 15.7 Å². The van der Waals surface area contributed by atoms with Crippen LogP contribution in [0.3, 0.4) is 0 Å². The van der Waals surface area contributed by atoms with E-state index in [-0.39, 0.29) is 5.91 Å². The van der Waals surface area contributed by atoms with Gasteiger partial charge >= 0.3 is 0 Å². The molecule has 0 atom stereocenters. The van der Waals surface area contributed by atoms with Gasteiger partial charge in [-0.1, -0.05) is 31.3 Å². The fourth-order valence-corrected chi connectivity index (χ4v) is 4.62. The first kappa shape index (κ1) is 22.0. The summed E-state index contributed by atoms with van der Waals surface area (Å²) in [6.45, 7) is 10.3. The minimum Gasteiger partial charge on any atom is -0.298 e. The molecule has 0 aliphatic rings. The van der Waals surface area contributed by atoms with E-state index in [9.17, 15) is 4.79 Å². The summed E-state index contributed by atoms with van der Waals surface area (Å²) in [6.07, 6.45) is 3.38. The van der Waals surface area contributed by atoms with Crippen LogP contribution < -0.4 is 5.32 Å². The second-order valence-corrected chi connectivity index (χ2v) is 8.55. The first-order chi connectivity index (χ1) is 15.4. The van der Waals surface area contributed by atoms with E-state index < -0.39 is 0 Å². The van der Waals surface area contributed by atoms with Gasteiger partial charge in [0.2, 0.25) is 0 Å². The van der Waals surface area contributed by atoms with Crippen molar-refractivity contribution in [1.82, 2.24) is 29.7 Å². The number of fused-ring (bicyclic) bond motifs is 1. The van der Waals surface area contributed by atoms with Gasteiger partial charge < -0.3 is 0 Å². The summed E-state index contributed by atoms with van der Waals surface area (Å²) in [6, 6.07) is 5.36. The molecule has 3 aromatic heterocycles. The number of anilines is 1. The lowest BCUT2D eigenvalue weighted by molar-refractivity contribution is 0.102. The van der Waals surface area contributed by atoms with E-state index in [0.29, 0.717) is 33.4 Å². The van der Waals surface area contributed by atoms with Gasteiger partial charge in [0, 0.05) is 12.1 Å². The number of carbonyl (C=O) groups is 1. The number of rotatable bonds is 7. The molecule has 0 saturated heterocycles. The average Bonchev–Trinajstić information content (AvgIpc) is 3.34. The fraction of sp³-hybridized carbons (Fsp3) is 0.273. The molecule has 0 aliphatic carbocycles. The molecular formula is C22H23N7OS2. The molecule has 0 spiro atoms. The second-order valence-electron chi connectivity index (χ2n) is 7.17. The maximum Gasteiger partial charge on any atom is 0.257 e. The molecule has 1 amide bonds. The van der Waals surface area contributed by atoms with E-state index in [1.54, 1.807) is 18.2 Å². The number of nitrogens with one attached hydrogen (secondary N) is 2. The van der Waals surface area contributed by atoms with Crippen LogP contribution in [-0.4, -0.2) is 35.6 Å². The van der Waals surface area contributed by atoms with Gasteiger partial charge in [-0.3, -0.25) is 19.8 Å². The zero-order chi connectivity index (χ0) is 22.8. The number of benzene rings is 1. The number of H-pyrrole nitrogens is 1. The Hall–Kier alpha value is -3.24. The zero-order valence-corrected chi connectivity index (χ0v) is 19.7. The van der Waals surface area contributed by atoms with Gasteiger partial charge in [0.05, 0.1) is 33.0 Å². The number of nitrogens with zero attached hydrogens (tertiary/aromatic N) is 5. The van der Waals surface area contributed by atoms with Crippen LogP contribution in [0.25, 0.3) is 21.7 Å². The lowest BCUT2D eigenvalue weighted by Gasteiger charge is -2.08. The highest BCUT2D eigenvalue weighted by Gasteiger charge is 2.18. The molecule has 4 rings (SSSR count). The lowest BCUT2D eigenvalue weighted by atomic mass is 10.1. The van der Waals surface area contributed by atoms with E-state index in [4.69, 9.17) is 22.2 Å². The smallest absolute Gasteiger partial charge is 0.257 e. The third kappa shape index (κ3) is 4.11. The molecule has 0 saturated carbocycles. The first-order valence-corrected chi connectivity index (χ1v) is 11.5. The summed E-state index contributed by atoms with van der Waals surface area (Å²) in [5, 5.41) is 10.5. The highest BCUT2D eigenvalue weighted by atomic mass is 32.1. The number of thiazole rings is 1. The molecule has 1 aromatic carbocycles. The van der Waals surface area contributed by atoms with Crippen molar-refractivity contribution in [2.75, 3.05) is 5.32 Å². The van der Waals surface area contributed by atoms with E-state index in [1.807, 2.05) is 17.6 Å². The van der Waals surface area contributed by atoms with Crippen LogP contribution in [0.1, 0.15) is 41.3 Å². The topological polar surface area (TPSA) is 101 Å². The average molecular weight is 466 g/mol. The quantitative estimate of drug-likeness (QED) is 0.298. The Labute approximate surface area is 194 Å². The molecule has 4 aromatic rings. The predicted octanol–water partition coefficient (Wildman–Crippen LogP) is 4.88. The van der Waals surface area contributed by atoms with Crippen molar-refractivity contribution in [1.29, 1.82) is 0 Å². The molecule has 10 heteroatoms. The number of carbonyl (C=O) groups excluding carboxylic acids is 1. The Morgan fingerprint density at radius 1 is 1.22 bits per heavy atom. The van der Waals surface area contributed by atoms with E-state index in [1.165, 1.54) is 11.3 Å². The predicted molar refractivity (Wildman–Crippen MR) is 130 cm³/mol. The number of hydrogen-bond donors (Lipinski definition) is 2. The van der Waals surface area contributed by atoms with Crippen molar-refractivity contribution in [3.05, 3.63) is 58.3 Å². The number of aryl methyl sites for hydroxylation is 3. The monoisotopic (exact) mass is 465 g/mol. The van der Waals surface area contributed by atoms with E-state index in [2.05, 4.69) is 40.9 Å². The van der Waals surface area contributed by atoms with Crippen LogP contribution >= 0.6 is 23.6 Å². The molecule has 164 valence electrons. The highest BCUT2D eigenvalue weighted by Crippen LogP contribution is 2.32. The van der Waals surface area contributed by atoms with Crippen molar-refractivity contribution in [2.45, 2.75) is 40.2 Å². The van der Waals surface area contributed by atoms with E-state index >= 15 is 0 Å². The molecule has 0 aliphatic heterocycles. The SMILES string of the molecule is C=CCn1c(-c2sc(NC(=O)c3ccc4nc(CC)c(CC)nc4c3)nc2C)n[nH]c1=S. The van der Waals surface area contributed by atoms with Gasteiger partial charge in [-0.25, -0.2) is 15.0 Å². The van der Waals surface area contributed by atoms with Crippen LogP contribution in [0.2, 0.25) is 0 Å². The summed E-state index contributed by atoms with van der Waals surface area (Å²) in [4.78, 5) is 27.7. The van der Waals surface area contributed by atoms with Gasteiger partial charge in [0.25, 0.3) is 5.91 Å². The van der Waals surface area contributed by atoms with Gasteiger partial charge in [0.1, 0.15) is 0 Å². The number of amides is 1. The Balaban J connectivity index is 1.62. The van der Waals surface area contributed by atoms with Crippen LogP contribution in [0, 0.1) is 11.7 Å². The Bertz CT molecular complexity index is 1380. The highest BCUT2D eigenvalue weighted by molar-refractivity contribution is 7.71. The number of hydrogen-bond acceptors (Lipinski definition) is 7. The molecule has 0 unspecified atom stereocenters. The third-order valence-electron chi connectivity index (χ3n) is 5.04. The Morgan fingerprint density at radius 2 is 1.94 bits per heavy atom. The minimum atomic E-state index is -0.253. The van der Waals surface area contributed by atoms with Crippen LogP contribution in [0.5, 0.6) is 0 Å². The maximum absolute atomic E-state index is 12.9. The van der Waals surface area contributed by atoms with Crippen molar-refractivity contribution in [3.63, 3.8) is 0 Å². The normalized spacial score (nSPS) is 11.1. The number of allylic oxidation sites excluding steroid dienone is 1. The summed E-state index contributed by atoms with van der Waals surface area (Å²) in [5.41, 5.74) is 4.72. The maximum atomic E-state index is 12.9. The van der Waals surface area contributed by atoms with E-state index in [0.717, 1.165) is 40.3 Å². The minimum absolute atomic E-state index is 0.253. The molecule has 3 heterocycles. The van der Waals surface area contributed by atoms with Gasteiger partial charge in [-0.15, -0.1) is 6.58 Å².